The lowest BCUT2D eigenvalue weighted by molar-refractivity contribution is 0.0694. The highest BCUT2D eigenvalue weighted by atomic mass is 16.5. The number of carbonyl (C=O) groups is 2. The van der Waals surface area contributed by atoms with E-state index in [1.54, 1.807) is 14.0 Å². The Hall–Kier alpha value is -2.80. The van der Waals surface area contributed by atoms with Crippen LogP contribution in [-0.2, 0) is 17.7 Å². The molecular formula is C18H21NO6. The number of carboxylic acid groups (broad SMARTS) is 1. The Morgan fingerprint density at radius 1 is 1.20 bits per heavy atom. The first-order valence-corrected chi connectivity index (χ1v) is 7.90. The number of aromatic carboxylic acids is 1. The average molecular weight is 347 g/mol. The molecule has 0 radical (unpaired) electrons. The summed E-state index contributed by atoms with van der Waals surface area (Å²) in [6.45, 7) is 3.04. The molecular weight excluding hydrogens is 326 g/mol. The number of methoxy groups -OCH3 is 1. The van der Waals surface area contributed by atoms with Crippen LogP contribution in [0.25, 0.3) is 0 Å². The largest absolute Gasteiger partial charge is 0.491 e. The first-order chi connectivity index (χ1) is 12.0. The van der Waals surface area contributed by atoms with E-state index in [2.05, 4.69) is 5.32 Å². The molecule has 0 bridgehead atoms. The second-order valence-electron chi connectivity index (χ2n) is 5.27. The molecule has 2 aromatic rings. The molecule has 0 spiro atoms. The van der Waals surface area contributed by atoms with Crippen molar-refractivity contribution < 1.29 is 28.6 Å². The molecule has 7 nitrogen and oxygen atoms in total. The second kappa shape index (κ2) is 8.89. The van der Waals surface area contributed by atoms with Crippen LogP contribution < -0.4 is 10.1 Å². The van der Waals surface area contributed by atoms with Crippen molar-refractivity contribution in [2.24, 2.45) is 0 Å². The molecule has 2 rings (SSSR count). The Morgan fingerprint density at radius 2 is 1.92 bits per heavy atom. The van der Waals surface area contributed by atoms with Crippen molar-refractivity contribution in [1.82, 2.24) is 5.32 Å². The minimum Gasteiger partial charge on any atom is -0.491 e. The molecule has 0 aliphatic rings. The van der Waals surface area contributed by atoms with Gasteiger partial charge in [0.1, 0.15) is 23.7 Å². The number of hydrogen-bond acceptors (Lipinski definition) is 5. The highest BCUT2D eigenvalue weighted by Crippen LogP contribution is 2.17. The Morgan fingerprint density at radius 3 is 2.48 bits per heavy atom. The van der Waals surface area contributed by atoms with Gasteiger partial charge in [0.2, 0.25) is 0 Å². The smallest absolute Gasteiger partial charge is 0.339 e. The van der Waals surface area contributed by atoms with Crippen molar-refractivity contribution >= 4 is 11.9 Å². The van der Waals surface area contributed by atoms with E-state index in [0.29, 0.717) is 26.2 Å². The standard InChI is InChI=1S/C18H21NO6/c1-3-15-14(18(21)22)10-16(25-15)17(20)19-11-12-4-6-13(7-5-12)24-9-8-23-2/h4-7,10H,3,8-9,11H2,1-2H3,(H,19,20)(H,21,22). The molecule has 0 atom stereocenters. The normalized spacial score (nSPS) is 10.5. The summed E-state index contributed by atoms with van der Waals surface area (Å²) < 4.78 is 15.7. The quantitative estimate of drug-likeness (QED) is 0.676. The van der Waals surface area contributed by atoms with Crippen LogP contribution in [0.5, 0.6) is 5.75 Å². The molecule has 1 aromatic heterocycles. The monoisotopic (exact) mass is 347 g/mol. The molecule has 25 heavy (non-hydrogen) atoms. The number of aryl methyl sites for hydroxylation is 1. The van der Waals surface area contributed by atoms with Gasteiger partial charge in [0.15, 0.2) is 5.76 Å². The summed E-state index contributed by atoms with van der Waals surface area (Å²) in [6.07, 6.45) is 0.402. The van der Waals surface area contributed by atoms with E-state index in [0.717, 1.165) is 11.3 Å². The molecule has 0 unspecified atom stereocenters. The molecule has 0 saturated carbocycles. The van der Waals surface area contributed by atoms with Crippen molar-refractivity contribution in [3.05, 3.63) is 53.0 Å². The summed E-state index contributed by atoms with van der Waals surface area (Å²) in [7, 11) is 1.61. The van der Waals surface area contributed by atoms with Crippen LogP contribution >= 0.6 is 0 Å². The average Bonchev–Trinajstić information content (AvgIpc) is 3.06. The van der Waals surface area contributed by atoms with Crippen LogP contribution in [0.3, 0.4) is 0 Å². The number of carboxylic acids is 1. The van der Waals surface area contributed by atoms with Crippen molar-refractivity contribution in [3.8, 4) is 5.75 Å². The van der Waals surface area contributed by atoms with E-state index in [4.69, 9.17) is 19.0 Å². The fraction of sp³-hybridized carbons (Fsp3) is 0.333. The van der Waals surface area contributed by atoms with Gasteiger partial charge in [0, 0.05) is 26.1 Å². The van der Waals surface area contributed by atoms with E-state index >= 15 is 0 Å². The molecule has 7 heteroatoms. The number of carbonyl (C=O) groups excluding carboxylic acids is 1. The molecule has 0 fully saturated rings. The number of amides is 1. The Balaban J connectivity index is 1.92. The number of benzene rings is 1. The Bertz CT molecular complexity index is 720. The maximum Gasteiger partial charge on any atom is 0.339 e. The van der Waals surface area contributed by atoms with Crippen LogP contribution in [0, 0.1) is 0 Å². The van der Waals surface area contributed by atoms with Gasteiger partial charge in [-0.15, -0.1) is 0 Å². The van der Waals surface area contributed by atoms with E-state index in [1.165, 1.54) is 6.07 Å². The van der Waals surface area contributed by atoms with Crippen LogP contribution in [-0.4, -0.2) is 37.3 Å². The predicted molar refractivity (Wildman–Crippen MR) is 90.0 cm³/mol. The number of furan rings is 1. The first kappa shape index (κ1) is 18.5. The van der Waals surface area contributed by atoms with E-state index in [1.807, 2.05) is 24.3 Å². The minimum atomic E-state index is -1.11. The molecule has 0 aliphatic carbocycles. The third-order valence-corrected chi connectivity index (χ3v) is 3.52. The molecule has 0 saturated heterocycles. The number of nitrogens with one attached hydrogen (secondary N) is 1. The van der Waals surface area contributed by atoms with E-state index < -0.39 is 11.9 Å². The fourth-order valence-corrected chi connectivity index (χ4v) is 2.20. The second-order valence-corrected chi connectivity index (χ2v) is 5.27. The van der Waals surface area contributed by atoms with Gasteiger partial charge in [-0.1, -0.05) is 19.1 Å². The van der Waals surface area contributed by atoms with E-state index in [-0.39, 0.29) is 17.1 Å². The topological polar surface area (TPSA) is 98.0 Å². The molecule has 1 aromatic carbocycles. The molecule has 2 N–H and O–H groups in total. The van der Waals surface area contributed by atoms with E-state index in [9.17, 15) is 9.59 Å². The van der Waals surface area contributed by atoms with Gasteiger partial charge in [0.25, 0.3) is 5.91 Å². The zero-order chi connectivity index (χ0) is 18.2. The minimum absolute atomic E-state index is 0.00577. The van der Waals surface area contributed by atoms with Crippen molar-refractivity contribution in [3.63, 3.8) is 0 Å². The number of rotatable bonds is 9. The third-order valence-electron chi connectivity index (χ3n) is 3.52. The Labute approximate surface area is 145 Å². The summed E-state index contributed by atoms with van der Waals surface area (Å²) in [5.74, 6) is -0.563. The van der Waals surface area contributed by atoms with Crippen LogP contribution in [0.1, 0.15) is 39.2 Å². The molecule has 134 valence electrons. The van der Waals surface area contributed by atoms with Gasteiger partial charge in [-0.25, -0.2) is 4.79 Å². The summed E-state index contributed by atoms with van der Waals surface area (Å²) in [5.41, 5.74) is 0.901. The van der Waals surface area contributed by atoms with Crippen molar-refractivity contribution in [2.75, 3.05) is 20.3 Å². The van der Waals surface area contributed by atoms with Gasteiger partial charge >= 0.3 is 5.97 Å². The zero-order valence-corrected chi connectivity index (χ0v) is 14.2. The third kappa shape index (κ3) is 5.09. The summed E-state index contributed by atoms with van der Waals surface area (Å²) in [4.78, 5) is 23.2. The molecule has 0 aliphatic heterocycles. The maximum absolute atomic E-state index is 12.1. The number of ether oxygens (including phenoxy) is 2. The van der Waals surface area contributed by atoms with Gasteiger partial charge < -0.3 is 24.3 Å². The van der Waals surface area contributed by atoms with Crippen molar-refractivity contribution in [1.29, 1.82) is 0 Å². The highest BCUT2D eigenvalue weighted by Gasteiger charge is 2.19. The van der Waals surface area contributed by atoms with Crippen LogP contribution in [0.2, 0.25) is 0 Å². The first-order valence-electron chi connectivity index (χ1n) is 7.90. The maximum atomic E-state index is 12.1. The number of hydrogen-bond donors (Lipinski definition) is 2. The lowest BCUT2D eigenvalue weighted by atomic mass is 10.2. The zero-order valence-electron chi connectivity index (χ0n) is 14.2. The SMILES string of the molecule is CCc1oc(C(=O)NCc2ccc(OCCOC)cc2)cc1C(=O)O. The predicted octanol–water partition coefficient (Wildman–Crippen LogP) is 2.50. The van der Waals surface area contributed by atoms with Crippen LogP contribution in [0.15, 0.2) is 34.7 Å². The molecule has 1 heterocycles. The van der Waals surface area contributed by atoms with Gasteiger partial charge in [-0.05, 0) is 17.7 Å². The van der Waals surface area contributed by atoms with Gasteiger partial charge in [-0.2, -0.15) is 0 Å². The lowest BCUT2D eigenvalue weighted by Gasteiger charge is -2.07. The fourth-order valence-electron chi connectivity index (χ4n) is 2.20. The van der Waals surface area contributed by atoms with Crippen LogP contribution in [0.4, 0.5) is 0 Å². The summed E-state index contributed by atoms with van der Waals surface area (Å²) in [6, 6.07) is 8.54. The highest BCUT2D eigenvalue weighted by molar-refractivity contribution is 5.96. The molecule has 1 amide bonds. The van der Waals surface area contributed by atoms with Crippen molar-refractivity contribution in [2.45, 2.75) is 19.9 Å². The van der Waals surface area contributed by atoms with Gasteiger partial charge in [-0.3, -0.25) is 4.79 Å². The van der Waals surface area contributed by atoms with Gasteiger partial charge in [0.05, 0.1) is 6.61 Å². The lowest BCUT2D eigenvalue weighted by Crippen LogP contribution is -2.22. The summed E-state index contributed by atoms with van der Waals surface area (Å²) in [5, 5.41) is 11.8. The Kier molecular flexibility index (Phi) is 6.59. The summed E-state index contributed by atoms with van der Waals surface area (Å²) >= 11 is 0.